The van der Waals surface area contributed by atoms with E-state index in [2.05, 4.69) is 64.3 Å². The summed E-state index contributed by atoms with van der Waals surface area (Å²) in [6.07, 6.45) is 0. The molecule has 0 saturated carbocycles. The zero-order chi connectivity index (χ0) is 16.2. The molecule has 3 heteroatoms. The lowest BCUT2D eigenvalue weighted by atomic mass is 9.96. The van der Waals surface area contributed by atoms with Crippen LogP contribution in [-0.4, -0.2) is 18.5 Å². The van der Waals surface area contributed by atoms with E-state index < -0.39 is 0 Å². The van der Waals surface area contributed by atoms with Gasteiger partial charge in [0.25, 0.3) is 0 Å². The van der Waals surface area contributed by atoms with Gasteiger partial charge in [0.1, 0.15) is 0 Å². The highest BCUT2D eigenvalue weighted by atomic mass is 16.2. The van der Waals surface area contributed by atoms with Crippen LogP contribution in [0.25, 0.3) is 0 Å². The van der Waals surface area contributed by atoms with Crippen LogP contribution in [0.3, 0.4) is 0 Å². The monoisotopic (exact) mass is 290 g/mol. The van der Waals surface area contributed by atoms with Crippen LogP contribution in [0.15, 0.2) is 12.1 Å². The second-order valence-electron chi connectivity index (χ2n) is 6.54. The molecule has 1 amide bonds. The molecule has 3 nitrogen and oxygen atoms in total. The van der Waals surface area contributed by atoms with Gasteiger partial charge in [0.05, 0.1) is 6.04 Å². The van der Waals surface area contributed by atoms with E-state index in [-0.39, 0.29) is 18.0 Å². The molecule has 118 valence electrons. The molecule has 21 heavy (non-hydrogen) atoms. The minimum atomic E-state index is -0.195. The van der Waals surface area contributed by atoms with Crippen LogP contribution in [0.1, 0.15) is 56.0 Å². The van der Waals surface area contributed by atoms with Crippen molar-refractivity contribution in [3.8, 4) is 0 Å². The molecule has 0 aliphatic rings. The standard InChI is InChI=1S/C18H30N2O/c1-11(2)10-19-18(21)16(7)20-15(6)17-9-13(4)12(3)8-14(17)5/h8-9,11,15-16,20H,10H2,1-7H3,(H,19,21). The van der Waals surface area contributed by atoms with Crippen molar-refractivity contribution in [1.29, 1.82) is 0 Å². The fourth-order valence-electron chi connectivity index (χ4n) is 2.45. The van der Waals surface area contributed by atoms with E-state index in [0.29, 0.717) is 5.92 Å². The molecule has 0 radical (unpaired) electrons. The Kier molecular flexibility index (Phi) is 6.41. The Morgan fingerprint density at radius 1 is 1.00 bits per heavy atom. The molecule has 0 saturated heterocycles. The van der Waals surface area contributed by atoms with Gasteiger partial charge in [-0.15, -0.1) is 0 Å². The van der Waals surface area contributed by atoms with Crippen LogP contribution in [0, 0.1) is 26.7 Å². The van der Waals surface area contributed by atoms with Gasteiger partial charge in [-0.2, -0.15) is 0 Å². The van der Waals surface area contributed by atoms with E-state index in [0.717, 1.165) is 6.54 Å². The maximum Gasteiger partial charge on any atom is 0.236 e. The summed E-state index contributed by atoms with van der Waals surface area (Å²) in [7, 11) is 0. The van der Waals surface area contributed by atoms with Gasteiger partial charge in [-0.05, 0) is 62.8 Å². The lowest BCUT2D eigenvalue weighted by molar-refractivity contribution is -0.123. The predicted molar refractivity (Wildman–Crippen MR) is 89.5 cm³/mol. The van der Waals surface area contributed by atoms with Gasteiger partial charge in [0, 0.05) is 12.6 Å². The molecule has 0 aliphatic heterocycles. The van der Waals surface area contributed by atoms with Crippen molar-refractivity contribution in [3.05, 3.63) is 34.4 Å². The number of nitrogens with one attached hydrogen (secondary N) is 2. The van der Waals surface area contributed by atoms with Gasteiger partial charge < -0.3 is 5.32 Å². The van der Waals surface area contributed by atoms with Crippen molar-refractivity contribution in [2.75, 3.05) is 6.54 Å². The van der Waals surface area contributed by atoms with Gasteiger partial charge in [-0.3, -0.25) is 10.1 Å². The van der Waals surface area contributed by atoms with Crippen molar-refractivity contribution in [2.24, 2.45) is 5.92 Å². The lowest BCUT2D eigenvalue weighted by Crippen LogP contribution is -2.44. The summed E-state index contributed by atoms with van der Waals surface area (Å²) in [4.78, 5) is 12.0. The van der Waals surface area contributed by atoms with Gasteiger partial charge in [0.15, 0.2) is 0 Å². The van der Waals surface area contributed by atoms with Crippen molar-refractivity contribution in [1.82, 2.24) is 10.6 Å². The summed E-state index contributed by atoms with van der Waals surface area (Å²) in [5, 5.41) is 6.37. The third-order valence-electron chi connectivity index (χ3n) is 3.93. The van der Waals surface area contributed by atoms with E-state index in [1.54, 1.807) is 0 Å². The van der Waals surface area contributed by atoms with Crippen molar-refractivity contribution in [3.63, 3.8) is 0 Å². The summed E-state index contributed by atoms with van der Waals surface area (Å²) < 4.78 is 0. The Balaban J connectivity index is 2.70. The number of rotatable bonds is 6. The highest BCUT2D eigenvalue weighted by Crippen LogP contribution is 2.22. The number of aryl methyl sites for hydroxylation is 3. The van der Waals surface area contributed by atoms with E-state index in [1.807, 2.05) is 6.92 Å². The van der Waals surface area contributed by atoms with Crippen LogP contribution in [0.5, 0.6) is 0 Å². The Morgan fingerprint density at radius 2 is 1.57 bits per heavy atom. The van der Waals surface area contributed by atoms with Crippen LogP contribution in [0.2, 0.25) is 0 Å². The largest absolute Gasteiger partial charge is 0.354 e. The number of amides is 1. The van der Waals surface area contributed by atoms with Crippen LogP contribution >= 0.6 is 0 Å². The van der Waals surface area contributed by atoms with Gasteiger partial charge >= 0.3 is 0 Å². The van der Waals surface area contributed by atoms with Crippen LogP contribution in [-0.2, 0) is 4.79 Å². The molecule has 2 unspecified atom stereocenters. The minimum Gasteiger partial charge on any atom is -0.354 e. The third kappa shape index (κ3) is 5.16. The SMILES string of the molecule is Cc1cc(C)c(C(C)NC(C)C(=O)NCC(C)C)cc1C. The summed E-state index contributed by atoms with van der Waals surface area (Å²) in [5.41, 5.74) is 5.14. The Morgan fingerprint density at radius 3 is 2.14 bits per heavy atom. The molecule has 0 aliphatic carbocycles. The molecule has 0 heterocycles. The summed E-state index contributed by atoms with van der Waals surface area (Å²) >= 11 is 0. The summed E-state index contributed by atoms with van der Waals surface area (Å²) in [5.74, 6) is 0.539. The molecule has 1 aromatic carbocycles. The van der Waals surface area contributed by atoms with Crippen molar-refractivity contribution < 1.29 is 4.79 Å². The average molecular weight is 290 g/mol. The highest BCUT2D eigenvalue weighted by molar-refractivity contribution is 5.81. The smallest absolute Gasteiger partial charge is 0.236 e. The normalized spacial score (nSPS) is 14.1. The molecule has 1 aromatic rings. The highest BCUT2D eigenvalue weighted by Gasteiger charge is 2.17. The van der Waals surface area contributed by atoms with Gasteiger partial charge in [-0.25, -0.2) is 0 Å². The molecule has 2 N–H and O–H groups in total. The maximum absolute atomic E-state index is 12.0. The van der Waals surface area contributed by atoms with Crippen molar-refractivity contribution in [2.45, 2.75) is 60.5 Å². The first-order valence-corrected chi connectivity index (χ1v) is 7.83. The topological polar surface area (TPSA) is 41.1 Å². The quantitative estimate of drug-likeness (QED) is 0.843. The fraction of sp³-hybridized carbons (Fsp3) is 0.611. The van der Waals surface area contributed by atoms with E-state index >= 15 is 0 Å². The predicted octanol–water partition coefficient (Wildman–Crippen LogP) is 3.42. The molecule has 0 aromatic heterocycles. The summed E-state index contributed by atoms with van der Waals surface area (Å²) in [6, 6.07) is 4.40. The van der Waals surface area contributed by atoms with E-state index in [9.17, 15) is 4.79 Å². The second kappa shape index (κ2) is 7.60. The lowest BCUT2D eigenvalue weighted by Gasteiger charge is -2.22. The second-order valence-corrected chi connectivity index (χ2v) is 6.54. The Labute approximate surface area is 129 Å². The number of hydrogen-bond donors (Lipinski definition) is 2. The van der Waals surface area contributed by atoms with Crippen molar-refractivity contribution >= 4 is 5.91 Å². The van der Waals surface area contributed by atoms with E-state index in [4.69, 9.17) is 0 Å². The Hall–Kier alpha value is -1.35. The molecule has 1 rings (SSSR count). The van der Waals surface area contributed by atoms with Gasteiger partial charge in [-0.1, -0.05) is 26.0 Å². The first-order chi connectivity index (χ1) is 9.72. The molecular weight excluding hydrogens is 260 g/mol. The first kappa shape index (κ1) is 17.7. The first-order valence-electron chi connectivity index (χ1n) is 7.83. The van der Waals surface area contributed by atoms with Crippen LogP contribution in [0.4, 0.5) is 0 Å². The molecule has 0 spiro atoms. The molecule has 0 bridgehead atoms. The number of carbonyl (C=O) groups is 1. The average Bonchev–Trinajstić information content (AvgIpc) is 2.39. The number of hydrogen-bond acceptors (Lipinski definition) is 2. The van der Waals surface area contributed by atoms with Gasteiger partial charge in [0.2, 0.25) is 5.91 Å². The van der Waals surface area contributed by atoms with E-state index in [1.165, 1.54) is 22.3 Å². The minimum absolute atomic E-state index is 0.0667. The zero-order valence-electron chi connectivity index (χ0n) is 14.5. The number of carbonyl (C=O) groups excluding carboxylic acids is 1. The maximum atomic E-state index is 12.0. The third-order valence-corrected chi connectivity index (χ3v) is 3.93. The molecule has 2 atom stereocenters. The van der Waals surface area contributed by atoms with Crippen LogP contribution < -0.4 is 10.6 Å². The molecular formula is C18H30N2O. The Bertz CT molecular complexity index is 494. The zero-order valence-corrected chi connectivity index (χ0v) is 14.5. The summed E-state index contributed by atoms with van der Waals surface area (Å²) in [6.45, 7) is 15.3. The fourth-order valence-corrected chi connectivity index (χ4v) is 2.45. The number of benzene rings is 1. The molecule has 0 fully saturated rings.